The van der Waals surface area contributed by atoms with E-state index < -0.39 is 0 Å². The van der Waals surface area contributed by atoms with E-state index in [1.54, 1.807) is 25.7 Å². The molecule has 19 heavy (non-hydrogen) atoms. The molecule has 9 atom stereocenters. The Labute approximate surface area is 117 Å². The van der Waals surface area contributed by atoms with Crippen molar-refractivity contribution in [1.29, 1.82) is 0 Å². The van der Waals surface area contributed by atoms with E-state index in [2.05, 4.69) is 6.92 Å². The zero-order chi connectivity index (χ0) is 12.6. The average molecular weight is 260 g/mol. The summed E-state index contributed by atoms with van der Waals surface area (Å²) in [5.41, 5.74) is 0. The largest absolute Gasteiger partial charge is 0.378 e. The van der Waals surface area contributed by atoms with Gasteiger partial charge in [-0.25, -0.2) is 0 Å². The van der Waals surface area contributed by atoms with Crippen LogP contribution in [0.4, 0.5) is 0 Å². The van der Waals surface area contributed by atoms with Crippen molar-refractivity contribution in [2.75, 3.05) is 6.61 Å². The maximum Gasteiger partial charge on any atom is 0.0609 e. The minimum atomic E-state index is 0.658. The summed E-state index contributed by atoms with van der Waals surface area (Å²) in [6.07, 6.45) is 11.1. The predicted octanol–water partition coefficient (Wildman–Crippen LogP) is 4.12. The Hall–Kier alpha value is -0.0400. The quantitative estimate of drug-likeness (QED) is 0.694. The van der Waals surface area contributed by atoms with Gasteiger partial charge in [0.15, 0.2) is 0 Å². The van der Waals surface area contributed by atoms with Crippen molar-refractivity contribution in [3.05, 3.63) is 0 Å². The molecule has 0 aromatic carbocycles. The Morgan fingerprint density at radius 1 is 0.842 bits per heavy atom. The van der Waals surface area contributed by atoms with Gasteiger partial charge in [0, 0.05) is 6.61 Å². The summed E-state index contributed by atoms with van der Waals surface area (Å²) in [6, 6.07) is 0. The molecule has 5 aliphatic carbocycles. The molecular weight excluding hydrogens is 232 g/mol. The molecule has 9 unspecified atom stereocenters. The van der Waals surface area contributed by atoms with Crippen LogP contribution in [0.1, 0.15) is 51.9 Å². The first-order valence-corrected chi connectivity index (χ1v) is 9.00. The Kier molecular flexibility index (Phi) is 2.44. The molecule has 4 bridgehead atoms. The minimum Gasteiger partial charge on any atom is -0.378 e. The van der Waals surface area contributed by atoms with Gasteiger partial charge in [0.2, 0.25) is 0 Å². The third-order valence-corrected chi connectivity index (χ3v) is 7.86. The van der Waals surface area contributed by atoms with E-state index in [4.69, 9.17) is 4.74 Å². The lowest BCUT2D eigenvalue weighted by molar-refractivity contribution is -0.0427. The normalized spacial score (nSPS) is 60.8. The highest BCUT2D eigenvalue weighted by molar-refractivity contribution is 5.16. The van der Waals surface area contributed by atoms with Gasteiger partial charge in [-0.1, -0.05) is 13.3 Å². The lowest BCUT2D eigenvalue weighted by Gasteiger charge is -2.43. The van der Waals surface area contributed by atoms with Gasteiger partial charge in [0.1, 0.15) is 0 Å². The van der Waals surface area contributed by atoms with Gasteiger partial charge < -0.3 is 4.74 Å². The van der Waals surface area contributed by atoms with E-state index in [9.17, 15) is 0 Å². The summed E-state index contributed by atoms with van der Waals surface area (Å²) in [6.45, 7) is 3.25. The van der Waals surface area contributed by atoms with Crippen molar-refractivity contribution in [2.24, 2.45) is 47.3 Å². The molecule has 0 aliphatic heterocycles. The van der Waals surface area contributed by atoms with E-state index in [1.807, 2.05) is 0 Å². The average Bonchev–Trinajstić information content (AvgIpc) is 3.13. The molecule has 0 amide bonds. The minimum absolute atomic E-state index is 0.658. The van der Waals surface area contributed by atoms with Crippen LogP contribution in [0, 0.1) is 47.3 Å². The maximum atomic E-state index is 6.21. The molecule has 0 heterocycles. The molecule has 0 radical (unpaired) electrons. The molecule has 5 fully saturated rings. The van der Waals surface area contributed by atoms with Gasteiger partial charge in [-0.05, 0) is 85.9 Å². The van der Waals surface area contributed by atoms with Crippen LogP contribution in [0.5, 0.6) is 0 Å². The summed E-state index contributed by atoms with van der Waals surface area (Å²) in [5, 5.41) is 0. The third kappa shape index (κ3) is 1.36. The number of hydrogen-bond donors (Lipinski definition) is 0. The van der Waals surface area contributed by atoms with Gasteiger partial charge in [0.05, 0.1) is 6.10 Å². The molecule has 0 N–H and O–H groups in total. The number of ether oxygens (including phenoxy) is 1. The Morgan fingerprint density at radius 3 is 2.42 bits per heavy atom. The zero-order valence-corrected chi connectivity index (χ0v) is 12.3. The molecule has 0 aromatic rings. The molecule has 1 heteroatoms. The van der Waals surface area contributed by atoms with E-state index in [0.29, 0.717) is 6.10 Å². The molecule has 5 rings (SSSR count). The molecule has 5 aliphatic rings. The first kappa shape index (κ1) is 11.6. The van der Waals surface area contributed by atoms with Crippen LogP contribution in [0.15, 0.2) is 0 Å². The van der Waals surface area contributed by atoms with Crippen LogP contribution < -0.4 is 0 Å². The molecule has 0 spiro atoms. The predicted molar refractivity (Wildman–Crippen MR) is 75.7 cm³/mol. The maximum absolute atomic E-state index is 6.21. The summed E-state index contributed by atoms with van der Waals surface area (Å²) < 4.78 is 6.21. The highest BCUT2D eigenvalue weighted by atomic mass is 16.5. The van der Waals surface area contributed by atoms with Crippen molar-refractivity contribution < 1.29 is 4.74 Å². The van der Waals surface area contributed by atoms with Crippen molar-refractivity contribution in [3.8, 4) is 0 Å². The Balaban J connectivity index is 1.40. The molecule has 106 valence electrons. The van der Waals surface area contributed by atoms with E-state index >= 15 is 0 Å². The third-order valence-electron chi connectivity index (χ3n) is 7.86. The summed E-state index contributed by atoms with van der Waals surface area (Å²) >= 11 is 0. The Morgan fingerprint density at radius 2 is 1.63 bits per heavy atom. The highest BCUT2D eigenvalue weighted by Crippen LogP contribution is 2.72. The SMILES string of the molecule is CCCOC1CC2CC1C1C3CC(C4CCCC43)C21. The van der Waals surface area contributed by atoms with Gasteiger partial charge in [0.25, 0.3) is 0 Å². The molecule has 0 aromatic heterocycles. The zero-order valence-electron chi connectivity index (χ0n) is 12.3. The second-order valence-corrected chi connectivity index (χ2v) is 8.28. The molecular formula is C18H28O. The number of fused-ring (bicyclic) bond motifs is 12. The molecule has 5 saturated carbocycles. The second kappa shape index (κ2) is 4.00. The van der Waals surface area contributed by atoms with Crippen LogP contribution in [0.2, 0.25) is 0 Å². The fourth-order valence-corrected chi connectivity index (χ4v) is 7.72. The monoisotopic (exact) mass is 260 g/mol. The first-order chi connectivity index (χ1) is 9.38. The molecule has 0 saturated heterocycles. The van der Waals surface area contributed by atoms with Gasteiger partial charge in [-0.15, -0.1) is 0 Å². The number of rotatable bonds is 3. The van der Waals surface area contributed by atoms with Gasteiger partial charge in [-0.3, -0.25) is 0 Å². The van der Waals surface area contributed by atoms with E-state index in [0.717, 1.165) is 48.0 Å². The smallest absolute Gasteiger partial charge is 0.0609 e. The second-order valence-electron chi connectivity index (χ2n) is 8.28. The first-order valence-electron chi connectivity index (χ1n) is 9.00. The van der Waals surface area contributed by atoms with E-state index in [1.165, 1.54) is 25.2 Å². The van der Waals surface area contributed by atoms with Crippen molar-refractivity contribution in [3.63, 3.8) is 0 Å². The van der Waals surface area contributed by atoms with Crippen LogP contribution in [0.3, 0.4) is 0 Å². The highest BCUT2D eigenvalue weighted by Gasteiger charge is 2.67. The van der Waals surface area contributed by atoms with Gasteiger partial charge >= 0.3 is 0 Å². The van der Waals surface area contributed by atoms with Crippen LogP contribution in [-0.4, -0.2) is 12.7 Å². The Bertz CT molecular complexity index is 376. The summed E-state index contributed by atoms with van der Waals surface area (Å²) in [7, 11) is 0. The van der Waals surface area contributed by atoms with E-state index in [-0.39, 0.29) is 0 Å². The van der Waals surface area contributed by atoms with Crippen LogP contribution in [0.25, 0.3) is 0 Å². The standard InChI is InChI=1S/C18H28O/c1-2-6-19-16-8-10-7-15(16)18-14-9-13(17(10)18)11-4-3-5-12(11)14/h10-18H,2-9H2,1H3. The lowest BCUT2D eigenvalue weighted by Crippen LogP contribution is -2.41. The summed E-state index contributed by atoms with van der Waals surface area (Å²) in [5.74, 6) is 8.89. The fourth-order valence-electron chi connectivity index (χ4n) is 7.72. The van der Waals surface area contributed by atoms with Crippen molar-refractivity contribution in [1.82, 2.24) is 0 Å². The topological polar surface area (TPSA) is 9.23 Å². The molecule has 1 nitrogen and oxygen atoms in total. The van der Waals surface area contributed by atoms with Crippen molar-refractivity contribution >= 4 is 0 Å². The van der Waals surface area contributed by atoms with Crippen molar-refractivity contribution in [2.45, 2.75) is 58.0 Å². The van der Waals surface area contributed by atoms with Gasteiger partial charge in [-0.2, -0.15) is 0 Å². The lowest BCUT2D eigenvalue weighted by atomic mass is 9.64. The van der Waals surface area contributed by atoms with Crippen LogP contribution >= 0.6 is 0 Å². The number of hydrogen-bond acceptors (Lipinski definition) is 1. The fraction of sp³-hybridized carbons (Fsp3) is 1.00. The van der Waals surface area contributed by atoms with Crippen LogP contribution in [-0.2, 0) is 4.74 Å². The summed E-state index contributed by atoms with van der Waals surface area (Å²) in [4.78, 5) is 0.